The van der Waals surface area contributed by atoms with E-state index in [1.165, 1.54) is 0 Å². The van der Waals surface area contributed by atoms with Crippen molar-refractivity contribution in [3.8, 4) is 0 Å². The van der Waals surface area contributed by atoms with Gasteiger partial charge >= 0.3 is 0 Å². The fourth-order valence-corrected chi connectivity index (χ4v) is 8.49. The van der Waals surface area contributed by atoms with Crippen molar-refractivity contribution >= 4 is 58.2 Å². The zero-order valence-electron chi connectivity index (χ0n) is 29.4. The second-order valence-corrected chi connectivity index (χ2v) is 16.1. The van der Waals surface area contributed by atoms with Crippen LogP contribution in [0.3, 0.4) is 0 Å². The van der Waals surface area contributed by atoms with Crippen molar-refractivity contribution < 1.29 is 29.3 Å². The molecule has 284 valence electrons. The van der Waals surface area contributed by atoms with E-state index >= 15 is 0 Å². The van der Waals surface area contributed by atoms with Crippen LogP contribution in [0.4, 0.5) is 0 Å². The zero-order chi connectivity index (χ0) is 37.9. The first-order valence-corrected chi connectivity index (χ1v) is 19.8. The molecule has 0 aromatic heterocycles. The average molecular weight is 813 g/mol. The lowest BCUT2D eigenvalue weighted by Gasteiger charge is -2.45. The highest BCUT2D eigenvalue weighted by atomic mass is 35.5. The van der Waals surface area contributed by atoms with Crippen LogP contribution < -0.4 is 0 Å². The predicted molar refractivity (Wildman–Crippen MR) is 210 cm³/mol. The van der Waals surface area contributed by atoms with E-state index in [1.54, 1.807) is 0 Å². The van der Waals surface area contributed by atoms with Gasteiger partial charge in [-0.15, -0.1) is 0 Å². The van der Waals surface area contributed by atoms with Gasteiger partial charge in [-0.25, -0.2) is 0 Å². The fourth-order valence-electron chi connectivity index (χ4n) is 7.84. The quantitative estimate of drug-likeness (QED) is 0.166. The Labute approximate surface area is 335 Å². The van der Waals surface area contributed by atoms with E-state index in [-0.39, 0.29) is 74.6 Å². The number of amides is 2. The minimum atomic E-state index is -0.365. The fraction of sp³-hybridized carbons (Fsp3) is 0.381. The van der Waals surface area contributed by atoms with Gasteiger partial charge in [-0.2, -0.15) is 0 Å². The first kappa shape index (κ1) is 39.1. The van der Waals surface area contributed by atoms with Gasteiger partial charge in [0, 0.05) is 20.1 Å². The van der Waals surface area contributed by atoms with E-state index in [4.69, 9.17) is 55.9 Å². The molecule has 12 heteroatoms. The van der Waals surface area contributed by atoms with E-state index in [1.807, 2.05) is 107 Å². The summed E-state index contributed by atoms with van der Waals surface area (Å²) in [6, 6.07) is 28.9. The molecule has 2 aliphatic heterocycles. The smallest absolute Gasteiger partial charge is 0.249 e. The van der Waals surface area contributed by atoms with Gasteiger partial charge in [-0.1, -0.05) is 94.9 Å². The maximum absolute atomic E-state index is 12.9. The van der Waals surface area contributed by atoms with E-state index in [9.17, 15) is 19.8 Å². The summed E-state index contributed by atoms with van der Waals surface area (Å²) in [5.41, 5.74) is 3.67. The summed E-state index contributed by atoms with van der Waals surface area (Å²) in [5, 5.41) is 22.6. The number of benzene rings is 4. The van der Waals surface area contributed by atoms with Gasteiger partial charge in [-0.3, -0.25) is 9.59 Å². The van der Waals surface area contributed by atoms with Crippen LogP contribution in [0.15, 0.2) is 97.1 Å². The lowest BCUT2D eigenvalue weighted by Crippen LogP contribution is -2.52. The Bertz CT molecular complexity index is 1780. The van der Waals surface area contributed by atoms with Crippen LogP contribution >= 0.6 is 46.4 Å². The van der Waals surface area contributed by atoms with E-state index in [0.29, 0.717) is 31.9 Å². The standard InChI is InChI=1S/2C21H21Cl2NO3/c2*22-16-8-6-14(7-9-16)20-21(15-2-1-3-17(23)10-15)27-12-19(26)24(20)18(11-25)13-4-5-13/h2*1-3,6-10,13,18,20-21,25H,4-5,11-12H2/t18-,20+,21+;18-,20-,21-/m01/s1. The molecule has 54 heavy (non-hydrogen) atoms. The summed E-state index contributed by atoms with van der Waals surface area (Å²) in [4.78, 5) is 29.4. The molecule has 0 radical (unpaired) electrons. The van der Waals surface area contributed by atoms with E-state index in [0.717, 1.165) is 47.9 Å². The van der Waals surface area contributed by atoms with Crippen LogP contribution in [-0.2, 0) is 19.1 Å². The number of nitrogens with zero attached hydrogens (tertiary/aromatic N) is 2. The molecule has 2 N–H and O–H groups in total. The number of rotatable bonds is 10. The molecule has 0 unspecified atom stereocenters. The molecule has 8 nitrogen and oxygen atoms in total. The Morgan fingerprint density at radius 2 is 0.907 bits per heavy atom. The zero-order valence-corrected chi connectivity index (χ0v) is 32.5. The van der Waals surface area contributed by atoms with Crippen molar-refractivity contribution in [2.24, 2.45) is 11.8 Å². The third kappa shape index (κ3) is 8.77. The van der Waals surface area contributed by atoms with Gasteiger partial charge in [0.15, 0.2) is 0 Å². The third-order valence-corrected chi connectivity index (χ3v) is 11.7. The van der Waals surface area contributed by atoms with Crippen LogP contribution in [0, 0.1) is 11.8 Å². The molecule has 2 saturated carbocycles. The molecule has 6 atom stereocenters. The molecule has 2 heterocycles. The molecular weight excluding hydrogens is 770 g/mol. The number of aliphatic hydroxyl groups excluding tert-OH is 2. The maximum Gasteiger partial charge on any atom is 0.249 e. The van der Waals surface area contributed by atoms with Crippen LogP contribution in [0.1, 0.15) is 72.2 Å². The number of carbonyl (C=O) groups is 2. The summed E-state index contributed by atoms with van der Waals surface area (Å²) < 4.78 is 12.0. The number of morpholine rings is 2. The number of halogens is 4. The SMILES string of the molecule is O=C1CO[C@H](c2cccc(Cl)c2)[C@@H](c2ccc(Cl)cc2)N1[C@@H](CO)C1CC1.O=C1CO[C@H](c2cccc(Cl)c2)[C@@H](c2ccc(Cl)cc2)N1[C@H](CO)C1CC1. The Balaban J connectivity index is 0.000000167. The van der Waals surface area contributed by atoms with Gasteiger partial charge in [0.1, 0.15) is 25.4 Å². The van der Waals surface area contributed by atoms with Crippen molar-refractivity contribution in [2.45, 2.75) is 62.1 Å². The first-order valence-electron chi connectivity index (χ1n) is 18.3. The largest absolute Gasteiger partial charge is 0.394 e. The van der Waals surface area contributed by atoms with Crippen LogP contribution in [-0.4, -0.2) is 70.3 Å². The lowest BCUT2D eigenvalue weighted by atomic mass is 9.91. The monoisotopic (exact) mass is 810 g/mol. The molecule has 4 aromatic rings. The summed E-state index contributed by atoms with van der Waals surface area (Å²) >= 11 is 24.5. The van der Waals surface area contributed by atoms with Crippen LogP contribution in [0.5, 0.6) is 0 Å². The van der Waals surface area contributed by atoms with Crippen molar-refractivity contribution in [1.82, 2.24) is 9.80 Å². The Morgan fingerprint density at radius 3 is 1.22 bits per heavy atom. The van der Waals surface area contributed by atoms with Crippen molar-refractivity contribution in [3.05, 3.63) is 139 Å². The van der Waals surface area contributed by atoms with Crippen molar-refractivity contribution in [1.29, 1.82) is 0 Å². The Hall–Kier alpha value is -3.18. The van der Waals surface area contributed by atoms with Gasteiger partial charge < -0.3 is 29.5 Å². The number of hydrogen-bond acceptors (Lipinski definition) is 6. The van der Waals surface area contributed by atoms with E-state index in [2.05, 4.69) is 0 Å². The normalized spacial score (nSPS) is 24.1. The van der Waals surface area contributed by atoms with Crippen molar-refractivity contribution in [3.63, 3.8) is 0 Å². The summed E-state index contributed by atoms with van der Waals surface area (Å²) in [6.45, 7) is -0.124. The molecule has 8 rings (SSSR count). The van der Waals surface area contributed by atoms with Gasteiger partial charge in [0.2, 0.25) is 11.8 Å². The maximum atomic E-state index is 12.9. The summed E-state index contributed by atoms with van der Waals surface area (Å²) in [6.07, 6.45) is 3.40. The topological polar surface area (TPSA) is 99.5 Å². The summed E-state index contributed by atoms with van der Waals surface area (Å²) in [7, 11) is 0. The second-order valence-electron chi connectivity index (χ2n) is 14.3. The van der Waals surface area contributed by atoms with Gasteiger partial charge in [0.05, 0.1) is 37.4 Å². The molecule has 0 spiro atoms. The Morgan fingerprint density at radius 1 is 0.537 bits per heavy atom. The molecule has 4 aromatic carbocycles. The number of ether oxygens (including phenoxy) is 2. The number of hydrogen-bond donors (Lipinski definition) is 2. The summed E-state index contributed by atoms with van der Waals surface area (Å²) in [5.74, 6) is 0.483. The average Bonchev–Trinajstić information content (AvgIpc) is 4.11. The molecule has 4 fully saturated rings. The number of carbonyl (C=O) groups excluding carboxylic acids is 2. The lowest BCUT2D eigenvalue weighted by molar-refractivity contribution is -0.166. The molecule has 2 aliphatic carbocycles. The van der Waals surface area contributed by atoms with Crippen LogP contribution in [0.25, 0.3) is 0 Å². The van der Waals surface area contributed by atoms with Crippen LogP contribution in [0.2, 0.25) is 20.1 Å². The highest BCUT2D eigenvalue weighted by Crippen LogP contribution is 2.47. The van der Waals surface area contributed by atoms with Gasteiger partial charge in [0.25, 0.3) is 0 Å². The predicted octanol–water partition coefficient (Wildman–Crippen LogP) is 8.81. The molecule has 4 aliphatic rings. The first-order chi connectivity index (χ1) is 26.2. The minimum absolute atomic E-state index is 0.00943. The Kier molecular flexibility index (Phi) is 12.5. The second kappa shape index (κ2) is 17.3. The van der Waals surface area contributed by atoms with E-state index < -0.39 is 0 Å². The highest BCUT2D eigenvalue weighted by molar-refractivity contribution is 6.31. The minimum Gasteiger partial charge on any atom is -0.394 e. The molecule has 2 saturated heterocycles. The number of aliphatic hydroxyl groups is 2. The third-order valence-electron chi connectivity index (χ3n) is 10.7. The van der Waals surface area contributed by atoms with Gasteiger partial charge in [-0.05, 0) is 108 Å². The molecular formula is C42H42Cl4N2O6. The molecule has 0 bridgehead atoms. The van der Waals surface area contributed by atoms with Crippen molar-refractivity contribution in [2.75, 3.05) is 26.4 Å². The highest BCUT2D eigenvalue weighted by Gasteiger charge is 2.48. The molecule has 2 amide bonds.